The topological polar surface area (TPSA) is 40.5 Å². The Labute approximate surface area is 77.3 Å². The minimum Gasteiger partial charge on any atom is -0.480 e. The average molecular weight is 189 g/mol. The van der Waals surface area contributed by atoms with Gasteiger partial charge in [0.1, 0.15) is 6.04 Å². The van der Waals surface area contributed by atoms with Crippen molar-refractivity contribution in [1.29, 1.82) is 0 Å². The third-order valence-electron chi connectivity index (χ3n) is 1.83. The molecule has 0 aromatic rings. The molecule has 1 fully saturated rings. The van der Waals surface area contributed by atoms with Crippen LogP contribution in [0.5, 0.6) is 0 Å². The lowest BCUT2D eigenvalue weighted by molar-refractivity contribution is -0.140. The molecule has 1 atom stereocenters. The van der Waals surface area contributed by atoms with Gasteiger partial charge in [-0.15, -0.1) is 0 Å². The molecule has 1 aliphatic rings. The summed E-state index contributed by atoms with van der Waals surface area (Å²) < 4.78 is 1.99. The molecule has 1 aliphatic heterocycles. The summed E-state index contributed by atoms with van der Waals surface area (Å²) in [6.45, 7) is 5.09. The first-order valence-corrected chi connectivity index (χ1v) is 5.11. The molecule has 4 heteroatoms. The van der Waals surface area contributed by atoms with E-state index < -0.39 is 5.97 Å². The van der Waals surface area contributed by atoms with Crippen LogP contribution in [0.25, 0.3) is 0 Å². The van der Waals surface area contributed by atoms with Crippen molar-refractivity contribution >= 4 is 17.9 Å². The van der Waals surface area contributed by atoms with Gasteiger partial charge in [0, 0.05) is 11.8 Å². The zero-order chi connectivity index (χ0) is 9.14. The molecule has 0 amide bonds. The number of rotatable bonds is 3. The molecule has 1 saturated heterocycles. The normalized spacial score (nSPS) is 25.1. The molecule has 0 aromatic carbocycles. The fourth-order valence-electron chi connectivity index (χ4n) is 1.38. The largest absolute Gasteiger partial charge is 0.480 e. The second-order valence-electron chi connectivity index (χ2n) is 3.29. The molecular weight excluding hydrogens is 174 g/mol. The van der Waals surface area contributed by atoms with E-state index in [2.05, 4.69) is 13.8 Å². The number of carboxylic acids is 1. The average Bonchev–Trinajstić information content (AvgIpc) is 2.33. The van der Waals surface area contributed by atoms with E-state index in [1.807, 2.05) is 4.31 Å². The van der Waals surface area contributed by atoms with E-state index in [0.29, 0.717) is 5.25 Å². The molecule has 0 saturated carbocycles. The summed E-state index contributed by atoms with van der Waals surface area (Å²) in [6.07, 6.45) is 1.81. The van der Waals surface area contributed by atoms with Gasteiger partial charge in [0.2, 0.25) is 0 Å². The smallest absolute Gasteiger partial charge is 0.321 e. The van der Waals surface area contributed by atoms with Crippen LogP contribution in [0.15, 0.2) is 0 Å². The van der Waals surface area contributed by atoms with Crippen molar-refractivity contribution in [2.24, 2.45) is 0 Å². The Kier molecular flexibility index (Phi) is 3.40. The minimum absolute atomic E-state index is 0.252. The van der Waals surface area contributed by atoms with Gasteiger partial charge in [0.15, 0.2) is 0 Å². The van der Waals surface area contributed by atoms with E-state index in [1.54, 1.807) is 11.9 Å². The van der Waals surface area contributed by atoms with E-state index in [-0.39, 0.29) is 6.04 Å². The second kappa shape index (κ2) is 4.14. The Bertz CT molecular complexity index is 172. The predicted octanol–water partition coefficient (Wildman–Crippen LogP) is 1.59. The van der Waals surface area contributed by atoms with Gasteiger partial charge in [-0.05, 0) is 12.8 Å². The van der Waals surface area contributed by atoms with E-state index >= 15 is 0 Å². The highest BCUT2D eigenvalue weighted by Gasteiger charge is 2.31. The van der Waals surface area contributed by atoms with Crippen molar-refractivity contribution in [3.8, 4) is 0 Å². The van der Waals surface area contributed by atoms with Gasteiger partial charge in [0.25, 0.3) is 0 Å². The molecule has 12 heavy (non-hydrogen) atoms. The second-order valence-corrected chi connectivity index (χ2v) is 4.91. The first-order valence-electron chi connectivity index (χ1n) is 4.27. The van der Waals surface area contributed by atoms with Crippen molar-refractivity contribution in [2.75, 3.05) is 6.54 Å². The van der Waals surface area contributed by atoms with Crippen LogP contribution in [-0.4, -0.2) is 33.2 Å². The lowest BCUT2D eigenvalue weighted by Crippen LogP contribution is -2.31. The Morgan fingerprint density at radius 1 is 1.67 bits per heavy atom. The van der Waals surface area contributed by atoms with Crippen LogP contribution in [0.4, 0.5) is 0 Å². The van der Waals surface area contributed by atoms with Crippen molar-refractivity contribution < 1.29 is 9.90 Å². The fraction of sp³-hybridized carbons (Fsp3) is 0.875. The maximum atomic E-state index is 10.7. The third kappa shape index (κ3) is 2.38. The zero-order valence-electron chi connectivity index (χ0n) is 7.49. The third-order valence-corrected chi connectivity index (χ3v) is 2.96. The molecule has 0 aliphatic carbocycles. The van der Waals surface area contributed by atoms with Gasteiger partial charge in [-0.1, -0.05) is 25.8 Å². The van der Waals surface area contributed by atoms with Crippen molar-refractivity contribution in [3.63, 3.8) is 0 Å². The summed E-state index contributed by atoms with van der Waals surface area (Å²) in [4.78, 5) is 10.7. The van der Waals surface area contributed by atoms with Gasteiger partial charge < -0.3 is 5.11 Å². The molecule has 1 unspecified atom stereocenters. The van der Waals surface area contributed by atoms with Crippen molar-refractivity contribution in [3.05, 3.63) is 0 Å². The molecular formula is C8H15NO2S. The number of carboxylic acid groups (broad SMARTS) is 1. The summed E-state index contributed by atoms with van der Waals surface area (Å²) in [5.41, 5.74) is 0. The molecule has 1 heterocycles. The molecule has 1 N–H and O–H groups in total. The summed E-state index contributed by atoms with van der Waals surface area (Å²) in [5, 5.41) is 9.32. The van der Waals surface area contributed by atoms with E-state index in [9.17, 15) is 4.79 Å². The number of carbonyl (C=O) groups is 1. The minimum atomic E-state index is -0.680. The van der Waals surface area contributed by atoms with Crippen LogP contribution in [0.3, 0.4) is 0 Å². The number of nitrogens with zero attached hydrogens (tertiary/aromatic N) is 1. The van der Waals surface area contributed by atoms with Crippen LogP contribution in [0, 0.1) is 0 Å². The lowest BCUT2D eigenvalue weighted by atomic mass is 10.2. The van der Waals surface area contributed by atoms with Crippen LogP contribution in [-0.2, 0) is 4.79 Å². The quantitative estimate of drug-likeness (QED) is 0.684. The zero-order valence-corrected chi connectivity index (χ0v) is 8.30. The van der Waals surface area contributed by atoms with Gasteiger partial charge >= 0.3 is 5.97 Å². The van der Waals surface area contributed by atoms with Crippen LogP contribution < -0.4 is 0 Å². The highest BCUT2D eigenvalue weighted by Crippen LogP contribution is 2.27. The van der Waals surface area contributed by atoms with E-state index in [4.69, 9.17) is 5.11 Å². The fourth-order valence-corrected chi connectivity index (χ4v) is 2.50. The summed E-state index contributed by atoms with van der Waals surface area (Å²) in [7, 11) is 0. The van der Waals surface area contributed by atoms with Gasteiger partial charge in [-0.25, -0.2) is 4.31 Å². The molecule has 1 rings (SSSR count). The molecule has 0 aromatic heterocycles. The van der Waals surface area contributed by atoms with Crippen LogP contribution in [0.2, 0.25) is 0 Å². The highest BCUT2D eigenvalue weighted by atomic mass is 32.2. The SMILES string of the molecule is CC(C)SN1CCCC1C(=O)O. The molecule has 0 bridgehead atoms. The first kappa shape index (κ1) is 9.86. The number of aliphatic carboxylic acids is 1. The number of hydrogen-bond donors (Lipinski definition) is 1. The lowest BCUT2D eigenvalue weighted by Gasteiger charge is -2.21. The Balaban J connectivity index is 2.46. The van der Waals surface area contributed by atoms with Crippen molar-refractivity contribution in [2.45, 2.75) is 38.0 Å². The predicted molar refractivity (Wildman–Crippen MR) is 50.1 cm³/mol. The molecule has 0 radical (unpaired) electrons. The monoisotopic (exact) mass is 189 g/mol. The maximum Gasteiger partial charge on any atom is 0.321 e. The molecule has 3 nitrogen and oxygen atoms in total. The Hall–Kier alpha value is -0.220. The van der Waals surface area contributed by atoms with Crippen LogP contribution >= 0.6 is 11.9 Å². The van der Waals surface area contributed by atoms with Gasteiger partial charge in [-0.2, -0.15) is 0 Å². The van der Waals surface area contributed by atoms with Gasteiger partial charge in [0.05, 0.1) is 0 Å². The summed E-state index contributed by atoms with van der Waals surface area (Å²) in [6, 6.07) is -0.252. The number of hydrogen-bond acceptors (Lipinski definition) is 3. The Morgan fingerprint density at radius 2 is 2.33 bits per heavy atom. The molecule has 0 spiro atoms. The first-order chi connectivity index (χ1) is 5.61. The van der Waals surface area contributed by atoms with Crippen LogP contribution in [0.1, 0.15) is 26.7 Å². The van der Waals surface area contributed by atoms with Gasteiger partial charge in [-0.3, -0.25) is 4.79 Å². The van der Waals surface area contributed by atoms with E-state index in [1.165, 1.54) is 0 Å². The summed E-state index contributed by atoms with van der Waals surface area (Å²) >= 11 is 1.65. The summed E-state index contributed by atoms with van der Waals surface area (Å²) in [5.74, 6) is -0.680. The highest BCUT2D eigenvalue weighted by molar-refractivity contribution is 7.97. The standard InChI is InChI=1S/C8H15NO2S/c1-6(2)12-9-5-3-4-7(9)8(10)11/h6-7H,3-5H2,1-2H3,(H,10,11). The van der Waals surface area contributed by atoms with E-state index in [0.717, 1.165) is 19.4 Å². The molecule has 70 valence electrons. The maximum absolute atomic E-state index is 10.7. The van der Waals surface area contributed by atoms with Crippen molar-refractivity contribution in [1.82, 2.24) is 4.31 Å². The Morgan fingerprint density at radius 3 is 2.83 bits per heavy atom.